The van der Waals surface area contributed by atoms with Crippen molar-refractivity contribution >= 4 is 8.80 Å². The third kappa shape index (κ3) is 10.7. The van der Waals surface area contributed by atoms with Crippen LogP contribution in [0.5, 0.6) is 0 Å². The second-order valence-electron chi connectivity index (χ2n) is 6.43. The summed E-state index contributed by atoms with van der Waals surface area (Å²) in [6.45, 7) is 0. The van der Waals surface area contributed by atoms with Gasteiger partial charge in [-0.3, -0.25) is 13.3 Å². The van der Waals surface area contributed by atoms with Crippen molar-refractivity contribution in [3.05, 3.63) is 0 Å². The Bertz CT molecular complexity index is 583. The molecule has 0 saturated carbocycles. The summed E-state index contributed by atoms with van der Waals surface area (Å²) in [7, 11) is -9.03. The summed E-state index contributed by atoms with van der Waals surface area (Å²) in [5.41, 5.74) is -7.31. The van der Waals surface area contributed by atoms with Crippen LogP contribution in [0.1, 0.15) is 38.5 Å². The lowest BCUT2D eigenvalue weighted by Crippen LogP contribution is -2.73. The molecule has 0 bridgehead atoms. The molecule has 0 aromatic carbocycles. The van der Waals surface area contributed by atoms with Crippen molar-refractivity contribution in [2.24, 2.45) is 0 Å². The maximum absolute atomic E-state index is 14.2. The minimum Gasteiger partial charge on any atom is -0.280 e. The number of unbranched alkanes of at least 4 members (excludes halogenated alkanes) is 3. The molecule has 0 aliphatic rings. The first-order chi connectivity index (χ1) is 14.7. The molecule has 0 spiro atoms. The Morgan fingerprint density at radius 2 is 0.882 bits per heavy atom. The summed E-state index contributed by atoms with van der Waals surface area (Å²) in [4.78, 5) is 0. The quantitative estimate of drug-likeness (QED) is 0.138. The monoisotopic (exact) mass is 568 g/mol. The SMILES string of the molecule is FC(CCCCCCC(F)(F)F)C(F)(F)C(F)(F)[Si](OC(F)(F)F)(OC(F)(F)F)OC(F)(F)F. The second-order valence-corrected chi connectivity index (χ2v) is 8.79. The molecule has 34 heavy (non-hydrogen) atoms. The molecule has 21 heteroatoms. The van der Waals surface area contributed by atoms with E-state index in [0.717, 1.165) is 0 Å². The Morgan fingerprint density at radius 1 is 0.529 bits per heavy atom. The van der Waals surface area contributed by atoms with Crippen molar-refractivity contribution in [2.75, 3.05) is 0 Å². The lowest BCUT2D eigenvalue weighted by atomic mass is 10.0. The highest BCUT2D eigenvalue weighted by Crippen LogP contribution is 2.51. The smallest absolute Gasteiger partial charge is 0.280 e. The van der Waals surface area contributed by atoms with Crippen LogP contribution in [0.3, 0.4) is 0 Å². The van der Waals surface area contributed by atoms with E-state index >= 15 is 0 Å². The molecule has 206 valence electrons. The largest absolute Gasteiger partial charge is 0.601 e. The van der Waals surface area contributed by atoms with Gasteiger partial charge in [0.1, 0.15) is 0 Å². The normalized spacial score (nSPS) is 16.1. The van der Waals surface area contributed by atoms with Crippen LogP contribution < -0.4 is 0 Å². The number of hydrogen-bond acceptors (Lipinski definition) is 3. The molecule has 1 unspecified atom stereocenters. The van der Waals surface area contributed by atoms with Gasteiger partial charge in [-0.25, -0.2) is 4.39 Å². The summed E-state index contributed by atoms with van der Waals surface area (Å²) in [6, 6.07) is 0. The Balaban J connectivity index is 5.91. The molecule has 0 amide bonds. The maximum Gasteiger partial charge on any atom is 0.601 e. The third-order valence-corrected chi connectivity index (χ3v) is 6.22. The fourth-order valence-corrected chi connectivity index (χ4v) is 4.29. The molecule has 3 nitrogen and oxygen atoms in total. The molecule has 0 saturated heterocycles. The van der Waals surface area contributed by atoms with Gasteiger partial charge in [0, 0.05) is 6.42 Å². The van der Waals surface area contributed by atoms with Crippen LogP contribution in [-0.4, -0.2) is 51.7 Å². The van der Waals surface area contributed by atoms with Gasteiger partial charge in [0.25, 0.3) is 0 Å². The lowest BCUT2D eigenvalue weighted by molar-refractivity contribution is -0.387. The summed E-state index contributed by atoms with van der Waals surface area (Å²) >= 11 is 0. The summed E-state index contributed by atoms with van der Waals surface area (Å²) in [6.07, 6.45) is -35.4. The van der Waals surface area contributed by atoms with E-state index in [4.69, 9.17) is 0 Å². The predicted molar refractivity (Wildman–Crippen MR) is 75.7 cm³/mol. The van der Waals surface area contributed by atoms with Crippen molar-refractivity contribution in [1.82, 2.24) is 0 Å². The molecule has 0 aromatic rings. The van der Waals surface area contributed by atoms with Crippen molar-refractivity contribution in [2.45, 2.75) is 81.4 Å². The summed E-state index contributed by atoms with van der Waals surface area (Å²) < 4.78 is 223. The molecular weight excluding hydrogens is 555 g/mol. The fourth-order valence-electron chi connectivity index (χ4n) is 2.30. The average Bonchev–Trinajstić information content (AvgIpc) is 2.51. The van der Waals surface area contributed by atoms with Crippen molar-refractivity contribution in [1.29, 1.82) is 0 Å². The molecule has 0 aliphatic carbocycles. The zero-order chi connectivity index (χ0) is 27.4. The van der Waals surface area contributed by atoms with Crippen LogP contribution in [0.2, 0.25) is 0 Å². The maximum atomic E-state index is 14.2. The minimum absolute atomic E-state index is 0.432. The van der Waals surface area contributed by atoms with Crippen LogP contribution in [0.4, 0.5) is 74.6 Å². The Morgan fingerprint density at radius 3 is 1.21 bits per heavy atom. The summed E-state index contributed by atoms with van der Waals surface area (Å²) in [5, 5.41) is 0. The molecule has 1 atom stereocenters. The number of alkyl halides is 17. The van der Waals surface area contributed by atoms with Gasteiger partial charge in [0.05, 0.1) is 0 Å². The van der Waals surface area contributed by atoms with E-state index in [0.29, 0.717) is 0 Å². The summed E-state index contributed by atoms with van der Waals surface area (Å²) in [5.74, 6) is -6.72. The van der Waals surface area contributed by atoms with Crippen molar-refractivity contribution < 1.29 is 87.9 Å². The highest BCUT2D eigenvalue weighted by molar-refractivity contribution is 6.64. The van der Waals surface area contributed by atoms with E-state index in [1.54, 1.807) is 0 Å². The van der Waals surface area contributed by atoms with Gasteiger partial charge in [-0.15, -0.1) is 39.5 Å². The first-order valence-electron chi connectivity index (χ1n) is 8.52. The number of rotatable bonds is 12. The van der Waals surface area contributed by atoms with Gasteiger partial charge in [-0.1, -0.05) is 19.3 Å². The predicted octanol–water partition coefficient (Wildman–Crippen LogP) is 7.59. The van der Waals surface area contributed by atoms with E-state index in [1.165, 1.54) is 0 Å². The van der Waals surface area contributed by atoms with E-state index < -0.39 is 90.2 Å². The molecule has 0 radical (unpaired) electrons. The van der Waals surface area contributed by atoms with E-state index in [-0.39, 0.29) is 0 Å². The van der Waals surface area contributed by atoms with Crippen molar-refractivity contribution in [3.63, 3.8) is 0 Å². The van der Waals surface area contributed by atoms with Crippen LogP contribution in [-0.2, 0) is 13.3 Å². The molecule has 0 N–H and O–H groups in total. The van der Waals surface area contributed by atoms with Gasteiger partial charge in [0.2, 0.25) is 0 Å². The first-order valence-corrected chi connectivity index (χ1v) is 10.2. The number of halogens is 17. The molecule has 0 aliphatic heterocycles. The molecule has 0 fully saturated rings. The third-order valence-electron chi connectivity index (χ3n) is 3.61. The van der Waals surface area contributed by atoms with E-state index in [2.05, 4.69) is 0 Å². The van der Waals surface area contributed by atoms with Crippen LogP contribution in [0.15, 0.2) is 0 Å². The zero-order valence-corrected chi connectivity index (χ0v) is 17.0. The zero-order valence-electron chi connectivity index (χ0n) is 16.0. The van der Waals surface area contributed by atoms with Gasteiger partial charge >= 0.3 is 45.5 Å². The van der Waals surface area contributed by atoms with Crippen molar-refractivity contribution in [3.8, 4) is 0 Å². The van der Waals surface area contributed by atoms with Gasteiger partial charge in [-0.2, -0.15) is 30.7 Å². The first kappa shape index (κ1) is 32.9. The number of hydrogen-bond donors (Lipinski definition) is 0. The van der Waals surface area contributed by atoms with Crippen LogP contribution in [0.25, 0.3) is 0 Å². The van der Waals surface area contributed by atoms with Gasteiger partial charge in [-0.05, 0) is 12.8 Å². The Hall–Kier alpha value is -1.09. The lowest BCUT2D eigenvalue weighted by Gasteiger charge is -2.39. The molecule has 0 aromatic heterocycles. The van der Waals surface area contributed by atoms with E-state index in [9.17, 15) is 74.6 Å². The van der Waals surface area contributed by atoms with Gasteiger partial charge in [0.15, 0.2) is 6.17 Å². The second kappa shape index (κ2) is 10.9. The van der Waals surface area contributed by atoms with Crippen LogP contribution >= 0.6 is 0 Å². The molecule has 0 rings (SSSR count). The van der Waals surface area contributed by atoms with Crippen LogP contribution in [0, 0.1) is 0 Å². The highest BCUT2D eigenvalue weighted by atomic mass is 28.4. The Kier molecular flexibility index (Phi) is 10.5. The molecular formula is C13H13F17O3Si. The van der Waals surface area contributed by atoms with Gasteiger partial charge < -0.3 is 0 Å². The highest BCUT2D eigenvalue weighted by Gasteiger charge is 2.85. The van der Waals surface area contributed by atoms with E-state index in [1.807, 2.05) is 13.3 Å². The molecule has 0 heterocycles. The average molecular weight is 568 g/mol. The minimum atomic E-state index is -9.03. The fraction of sp³-hybridized carbons (Fsp3) is 1.00. The topological polar surface area (TPSA) is 27.7 Å². The standard InChI is InChI=1S/C13H13F17O3Si/c14-7(5-3-1-2-4-6-8(15,16)17)9(18,19)10(20,21)34(31-11(22,23)24,32-12(25,26)27)33-13(28,29)30/h7H,1-6H2. The Labute approximate surface area is 179 Å².